The highest BCUT2D eigenvalue weighted by atomic mass is 16.2. The van der Waals surface area contributed by atoms with Crippen LogP contribution < -0.4 is 0 Å². The lowest BCUT2D eigenvalue weighted by atomic mass is 9.89. The van der Waals surface area contributed by atoms with Crippen LogP contribution >= 0.6 is 0 Å². The predicted octanol–water partition coefficient (Wildman–Crippen LogP) is 2.42. The molecule has 2 aliphatic rings. The lowest BCUT2D eigenvalue weighted by Gasteiger charge is -2.37. The molecule has 0 spiro atoms. The Hall–Kier alpha value is -1.42. The smallest absolute Gasteiger partial charge is 0.272 e. The molecular formula is C17H25N3O. The summed E-state index contributed by atoms with van der Waals surface area (Å²) in [6, 6.07) is 5.52. The Balaban J connectivity index is 1.47. The molecule has 1 aromatic heterocycles. The Morgan fingerprint density at radius 1 is 1.10 bits per heavy atom. The number of aromatic nitrogens is 1. The number of hydrogen-bond acceptors (Lipinski definition) is 3. The fourth-order valence-corrected chi connectivity index (χ4v) is 3.52. The average molecular weight is 287 g/mol. The quantitative estimate of drug-likeness (QED) is 0.856. The van der Waals surface area contributed by atoms with Gasteiger partial charge < -0.3 is 4.90 Å². The first-order valence-electron chi connectivity index (χ1n) is 8.25. The molecule has 4 nitrogen and oxygen atoms in total. The van der Waals surface area contributed by atoms with Crippen molar-refractivity contribution in [2.24, 2.45) is 5.92 Å². The van der Waals surface area contributed by atoms with E-state index in [2.05, 4.69) is 9.88 Å². The Morgan fingerprint density at radius 2 is 1.86 bits per heavy atom. The average Bonchev–Trinajstić information content (AvgIpc) is 2.57. The molecule has 2 heterocycles. The maximum Gasteiger partial charge on any atom is 0.272 e. The monoisotopic (exact) mass is 287 g/mol. The van der Waals surface area contributed by atoms with Gasteiger partial charge in [0.05, 0.1) is 0 Å². The van der Waals surface area contributed by atoms with Gasteiger partial charge in [0.2, 0.25) is 0 Å². The predicted molar refractivity (Wildman–Crippen MR) is 83.2 cm³/mol. The highest BCUT2D eigenvalue weighted by Crippen LogP contribution is 2.24. The number of nitrogens with zero attached hydrogens (tertiary/aromatic N) is 3. The van der Waals surface area contributed by atoms with Crippen molar-refractivity contribution in [2.75, 3.05) is 32.7 Å². The summed E-state index contributed by atoms with van der Waals surface area (Å²) in [7, 11) is 0. The number of rotatable bonds is 3. The van der Waals surface area contributed by atoms with Gasteiger partial charge in [0, 0.05) is 38.9 Å². The highest BCUT2D eigenvalue weighted by molar-refractivity contribution is 5.92. The summed E-state index contributed by atoms with van der Waals surface area (Å²) in [5.74, 6) is 0.963. The van der Waals surface area contributed by atoms with E-state index in [1.54, 1.807) is 12.3 Å². The number of piperazine rings is 1. The molecular weight excluding hydrogens is 262 g/mol. The highest BCUT2D eigenvalue weighted by Gasteiger charge is 2.24. The maximum atomic E-state index is 12.3. The van der Waals surface area contributed by atoms with Gasteiger partial charge in [-0.15, -0.1) is 0 Å². The van der Waals surface area contributed by atoms with Crippen molar-refractivity contribution in [2.45, 2.75) is 32.1 Å². The molecule has 1 aliphatic heterocycles. The van der Waals surface area contributed by atoms with Crippen LogP contribution in [0.5, 0.6) is 0 Å². The minimum absolute atomic E-state index is 0.0768. The van der Waals surface area contributed by atoms with Crippen LogP contribution in [0.2, 0.25) is 0 Å². The number of carbonyl (C=O) groups excluding carboxylic acids is 1. The van der Waals surface area contributed by atoms with Crippen LogP contribution in [-0.2, 0) is 0 Å². The van der Waals surface area contributed by atoms with Crippen LogP contribution in [0.3, 0.4) is 0 Å². The molecule has 21 heavy (non-hydrogen) atoms. The number of amides is 1. The summed E-state index contributed by atoms with van der Waals surface area (Å²) in [6.45, 7) is 4.92. The van der Waals surface area contributed by atoms with Crippen LogP contribution in [-0.4, -0.2) is 53.4 Å². The number of hydrogen-bond donors (Lipinski definition) is 0. The van der Waals surface area contributed by atoms with E-state index >= 15 is 0 Å². The number of pyridine rings is 1. The van der Waals surface area contributed by atoms with E-state index in [0.29, 0.717) is 5.69 Å². The van der Waals surface area contributed by atoms with Crippen LogP contribution in [0.1, 0.15) is 42.6 Å². The molecule has 1 saturated heterocycles. The van der Waals surface area contributed by atoms with Crippen LogP contribution in [0, 0.1) is 5.92 Å². The second kappa shape index (κ2) is 7.03. The topological polar surface area (TPSA) is 36.4 Å². The first-order valence-corrected chi connectivity index (χ1v) is 8.25. The van der Waals surface area contributed by atoms with Crippen molar-refractivity contribution >= 4 is 5.91 Å². The molecule has 0 atom stereocenters. The van der Waals surface area contributed by atoms with Crippen LogP contribution in [0.15, 0.2) is 24.4 Å². The van der Waals surface area contributed by atoms with Gasteiger partial charge >= 0.3 is 0 Å². The van der Waals surface area contributed by atoms with Gasteiger partial charge in [0.25, 0.3) is 5.91 Å². The van der Waals surface area contributed by atoms with Crippen molar-refractivity contribution in [1.82, 2.24) is 14.8 Å². The first kappa shape index (κ1) is 14.5. The van der Waals surface area contributed by atoms with Crippen molar-refractivity contribution in [3.8, 4) is 0 Å². The first-order chi connectivity index (χ1) is 10.3. The Bertz CT molecular complexity index is 448. The molecule has 0 aromatic carbocycles. The molecule has 114 valence electrons. The summed E-state index contributed by atoms with van der Waals surface area (Å²) < 4.78 is 0. The van der Waals surface area contributed by atoms with Crippen molar-refractivity contribution in [1.29, 1.82) is 0 Å². The molecule has 0 unspecified atom stereocenters. The van der Waals surface area contributed by atoms with E-state index in [0.717, 1.165) is 32.1 Å². The van der Waals surface area contributed by atoms with Gasteiger partial charge in [-0.25, -0.2) is 0 Å². The molecule has 2 fully saturated rings. The molecule has 3 rings (SSSR count). The Labute approximate surface area is 127 Å². The molecule has 1 amide bonds. The summed E-state index contributed by atoms with van der Waals surface area (Å²) in [5.41, 5.74) is 0.568. The van der Waals surface area contributed by atoms with Crippen LogP contribution in [0.25, 0.3) is 0 Å². The summed E-state index contributed by atoms with van der Waals surface area (Å²) in [4.78, 5) is 21.0. The van der Waals surface area contributed by atoms with Gasteiger partial charge in [0.1, 0.15) is 5.69 Å². The van der Waals surface area contributed by atoms with Gasteiger partial charge in [-0.3, -0.25) is 14.7 Å². The van der Waals surface area contributed by atoms with Gasteiger partial charge in [-0.2, -0.15) is 0 Å². The molecule has 0 bridgehead atoms. The zero-order chi connectivity index (χ0) is 14.5. The summed E-state index contributed by atoms with van der Waals surface area (Å²) in [5, 5.41) is 0. The van der Waals surface area contributed by atoms with E-state index in [1.807, 2.05) is 17.0 Å². The SMILES string of the molecule is O=C(c1ccccn1)N1CCN(CC2CCCCC2)CC1. The number of carbonyl (C=O) groups is 1. The normalized spacial score (nSPS) is 21.4. The maximum absolute atomic E-state index is 12.3. The third kappa shape index (κ3) is 3.82. The molecule has 1 saturated carbocycles. The van der Waals surface area contributed by atoms with E-state index < -0.39 is 0 Å². The third-order valence-electron chi connectivity index (χ3n) is 4.78. The lowest BCUT2D eigenvalue weighted by molar-refractivity contribution is 0.0600. The van der Waals surface area contributed by atoms with E-state index in [-0.39, 0.29) is 5.91 Å². The fraction of sp³-hybridized carbons (Fsp3) is 0.647. The minimum atomic E-state index is 0.0768. The van der Waals surface area contributed by atoms with Crippen molar-refractivity contribution in [3.05, 3.63) is 30.1 Å². The van der Waals surface area contributed by atoms with Crippen molar-refractivity contribution in [3.63, 3.8) is 0 Å². The molecule has 1 aliphatic carbocycles. The minimum Gasteiger partial charge on any atom is -0.335 e. The Kier molecular flexibility index (Phi) is 4.86. The van der Waals surface area contributed by atoms with Crippen LogP contribution in [0.4, 0.5) is 0 Å². The molecule has 0 N–H and O–H groups in total. The van der Waals surface area contributed by atoms with E-state index in [4.69, 9.17) is 0 Å². The zero-order valence-electron chi connectivity index (χ0n) is 12.7. The lowest BCUT2D eigenvalue weighted by Crippen LogP contribution is -2.50. The second-order valence-corrected chi connectivity index (χ2v) is 6.31. The largest absolute Gasteiger partial charge is 0.335 e. The summed E-state index contributed by atoms with van der Waals surface area (Å²) in [6.07, 6.45) is 8.71. The second-order valence-electron chi connectivity index (χ2n) is 6.31. The Morgan fingerprint density at radius 3 is 2.52 bits per heavy atom. The molecule has 1 aromatic rings. The molecule has 0 radical (unpaired) electrons. The fourth-order valence-electron chi connectivity index (χ4n) is 3.52. The van der Waals surface area contributed by atoms with E-state index in [1.165, 1.54) is 38.6 Å². The van der Waals surface area contributed by atoms with Gasteiger partial charge in [-0.1, -0.05) is 25.3 Å². The van der Waals surface area contributed by atoms with Crippen molar-refractivity contribution < 1.29 is 4.79 Å². The third-order valence-corrected chi connectivity index (χ3v) is 4.78. The van der Waals surface area contributed by atoms with Gasteiger partial charge in [-0.05, 0) is 30.9 Å². The summed E-state index contributed by atoms with van der Waals surface area (Å²) >= 11 is 0. The van der Waals surface area contributed by atoms with Gasteiger partial charge in [0.15, 0.2) is 0 Å². The van der Waals surface area contributed by atoms with E-state index in [9.17, 15) is 4.79 Å². The standard InChI is InChI=1S/C17H25N3O/c21-17(16-8-4-5-9-18-16)20-12-10-19(11-13-20)14-15-6-2-1-3-7-15/h4-5,8-9,15H,1-3,6-7,10-14H2. The molecule has 4 heteroatoms. The zero-order valence-corrected chi connectivity index (χ0v) is 12.7.